The quantitative estimate of drug-likeness (QED) is 0.772. The van der Waals surface area contributed by atoms with E-state index in [9.17, 15) is 0 Å². The highest BCUT2D eigenvalue weighted by Crippen LogP contribution is 2.20. The molecule has 6 nitrogen and oxygen atoms in total. The minimum atomic E-state index is 0.376. The largest absolute Gasteiger partial charge is 0.339 e. The summed E-state index contributed by atoms with van der Waals surface area (Å²) in [4.78, 5) is 13.0. The molecule has 0 aliphatic heterocycles. The normalized spacial score (nSPS) is 12.7. The Morgan fingerprint density at radius 3 is 2.76 bits per heavy atom. The Labute approximate surface area is 122 Å². The molecule has 2 aromatic heterocycles. The number of fused-ring (bicyclic) bond motifs is 1. The van der Waals surface area contributed by atoms with Crippen LogP contribution in [-0.4, -0.2) is 26.7 Å². The second-order valence-electron chi connectivity index (χ2n) is 4.99. The van der Waals surface area contributed by atoms with Gasteiger partial charge in [0, 0.05) is 24.4 Å². The second kappa shape index (κ2) is 5.97. The highest BCUT2D eigenvalue weighted by atomic mass is 16.5. The van der Waals surface area contributed by atoms with Crippen LogP contribution in [0.5, 0.6) is 0 Å². The van der Waals surface area contributed by atoms with Crippen molar-refractivity contribution >= 4 is 11.0 Å². The summed E-state index contributed by atoms with van der Waals surface area (Å²) in [5.74, 6) is 1.58. The van der Waals surface area contributed by atoms with Crippen molar-refractivity contribution in [2.75, 3.05) is 6.54 Å². The molecule has 2 heterocycles. The van der Waals surface area contributed by atoms with Crippen molar-refractivity contribution < 1.29 is 4.52 Å². The minimum Gasteiger partial charge on any atom is -0.339 e. The van der Waals surface area contributed by atoms with Gasteiger partial charge in [-0.15, -0.1) is 0 Å². The summed E-state index contributed by atoms with van der Waals surface area (Å²) in [6, 6.07) is 5.74. The maximum atomic E-state index is 5.71. The zero-order valence-corrected chi connectivity index (χ0v) is 11.9. The lowest BCUT2D eigenvalue weighted by Crippen LogP contribution is -2.15. The second-order valence-corrected chi connectivity index (χ2v) is 4.99. The van der Waals surface area contributed by atoms with E-state index >= 15 is 0 Å². The van der Waals surface area contributed by atoms with Crippen molar-refractivity contribution in [2.45, 2.75) is 19.8 Å². The number of aromatic nitrogens is 4. The molecule has 0 aliphatic rings. The molecule has 0 aliphatic carbocycles. The standard InChI is InChI=1S/C15H17N5O/c1-2-10(9-16)7-14-19-15(20-21-14)11-3-4-12-13(8-11)18-6-5-17-12/h3-6,8,10H,2,7,9,16H2,1H3. The van der Waals surface area contributed by atoms with Gasteiger partial charge in [0.1, 0.15) is 0 Å². The highest BCUT2D eigenvalue weighted by Gasteiger charge is 2.13. The number of rotatable bonds is 5. The Hall–Kier alpha value is -2.34. The smallest absolute Gasteiger partial charge is 0.227 e. The molecule has 0 radical (unpaired) electrons. The molecule has 21 heavy (non-hydrogen) atoms. The van der Waals surface area contributed by atoms with E-state index in [-0.39, 0.29) is 0 Å². The van der Waals surface area contributed by atoms with Gasteiger partial charge in [-0.2, -0.15) is 4.98 Å². The molecule has 1 unspecified atom stereocenters. The summed E-state index contributed by atoms with van der Waals surface area (Å²) in [5.41, 5.74) is 8.24. The molecule has 6 heteroatoms. The van der Waals surface area contributed by atoms with Gasteiger partial charge in [-0.3, -0.25) is 9.97 Å². The molecular weight excluding hydrogens is 266 g/mol. The van der Waals surface area contributed by atoms with E-state index < -0.39 is 0 Å². The topological polar surface area (TPSA) is 90.7 Å². The van der Waals surface area contributed by atoms with Gasteiger partial charge in [0.15, 0.2) is 0 Å². The molecule has 1 atom stereocenters. The van der Waals surface area contributed by atoms with Crippen molar-refractivity contribution in [1.29, 1.82) is 0 Å². The van der Waals surface area contributed by atoms with Crippen molar-refractivity contribution in [3.63, 3.8) is 0 Å². The molecule has 108 valence electrons. The van der Waals surface area contributed by atoms with Gasteiger partial charge < -0.3 is 10.3 Å². The zero-order chi connectivity index (χ0) is 14.7. The van der Waals surface area contributed by atoms with E-state index in [1.165, 1.54) is 0 Å². The summed E-state index contributed by atoms with van der Waals surface area (Å²) < 4.78 is 5.31. The monoisotopic (exact) mass is 283 g/mol. The lowest BCUT2D eigenvalue weighted by molar-refractivity contribution is 0.350. The molecule has 1 aromatic carbocycles. The van der Waals surface area contributed by atoms with Gasteiger partial charge in [0.25, 0.3) is 0 Å². The first-order valence-electron chi connectivity index (χ1n) is 7.04. The van der Waals surface area contributed by atoms with E-state index in [1.54, 1.807) is 12.4 Å². The fraction of sp³-hybridized carbons (Fsp3) is 0.333. The first-order chi connectivity index (χ1) is 10.3. The lowest BCUT2D eigenvalue weighted by Gasteiger charge is -2.07. The lowest BCUT2D eigenvalue weighted by atomic mass is 10.0. The molecule has 3 aromatic rings. The van der Waals surface area contributed by atoms with E-state index in [0.717, 1.165) is 23.0 Å². The van der Waals surface area contributed by atoms with E-state index in [0.29, 0.717) is 30.6 Å². The Bertz CT molecular complexity index is 736. The fourth-order valence-electron chi connectivity index (χ4n) is 2.20. The third kappa shape index (κ3) is 2.90. The van der Waals surface area contributed by atoms with Crippen molar-refractivity contribution in [3.8, 4) is 11.4 Å². The van der Waals surface area contributed by atoms with E-state index in [2.05, 4.69) is 27.0 Å². The predicted octanol–water partition coefficient (Wildman–Crippen LogP) is 2.21. The van der Waals surface area contributed by atoms with E-state index in [4.69, 9.17) is 10.3 Å². The number of hydrogen-bond donors (Lipinski definition) is 1. The Balaban J connectivity index is 1.87. The molecule has 0 fully saturated rings. The zero-order valence-electron chi connectivity index (χ0n) is 11.9. The average molecular weight is 283 g/mol. The van der Waals surface area contributed by atoms with Crippen LogP contribution in [0, 0.1) is 5.92 Å². The van der Waals surface area contributed by atoms with Crippen LogP contribution in [-0.2, 0) is 6.42 Å². The van der Waals surface area contributed by atoms with Gasteiger partial charge in [-0.05, 0) is 30.7 Å². The van der Waals surface area contributed by atoms with Crippen LogP contribution in [0.25, 0.3) is 22.4 Å². The first kappa shape index (κ1) is 13.6. The maximum Gasteiger partial charge on any atom is 0.227 e. The number of benzene rings is 1. The Kier molecular flexibility index (Phi) is 3.87. The van der Waals surface area contributed by atoms with Gasteiger partial charge in [0.2, 0.25) is 11.7 Å². The first-order valence-corrected chi connectivity index (χ1v) is 7.04. The molecule has 0 amide bonds. The molecular formula is C15H17N5O. The highest BCUT2D eigenvalue weighted by molar-refractivity contribution is 5.79. The predicted molar refractivity (Wildman–Crippen MR) is 79.4 cm³/mol. The molecule has 2 N–H and O–H groups in total. The third-order valence-corrected chi connectivity index (χ3v) is 3.57. The van der Waals surface area contributed by atoms with Crippen LogP contribution in [0.3, 0.4) is 0 Å². The summed E-state index contributed by atoms with van der Waals surface area (Å²) in [6.45, 7) is 2.73. The van der Waals surface area contributed by atoms with Crippen molar-refractivity contribution in [1.82, 2.24) is 20.1 Å². The summed E-state index contributed by atoms with van der Waals surface area (Å²) in [5, 5.41) is 4.04. The van der Waals surface area contributed by atoms with E-state index in [1.807, 2.05) is 18.2 Å². The molecule has 0 saturated carbocycles. The number of nitrogens with two attached hydrogens (primary N) is 1. The fourth-order valence-corrected chi connectivity index (χ4v) is 2.20. The molecule has 0 bridgehead atoms. The third-order valence-electron chi connectivity index (χ3n) is 3.57. The average Bonchev–Trinajstić information content (AvgIpc) is 3.00. The Morgan fingerprint density at radius 1 is 1.19 bits per heavy atom. The van der Waals surface area contributed by atoms with Crippen LogP contribution in [0.1, 0.15) is 19.2 Å². The summed E-state index contributed by atoms with van der Waals surface area (Å²) in [7, 11) is 0. The maximum absolute atomic E-state index is 5.71. The molecule has 0 saturated heterocycles. The minimum absolute atomic E-state index is 0.376. The number of nitrogens with zero attached hydrogens (tertiary/aromatic N) is 4. The van der Waals surface area contributed by atoms with Gasteiger partial charge in [-0.1, -0.05) is 18.5 Å². The van der Waals surface area contributed by atoms with Crippen LogP contribution in [0.4, 0.5) is 0 Å². The Morgan fingerprint density at radius 2 is 2.00 bits per heavy atom. The van der Waals surface area contributed by atoms with Gasteiger partial charge in [0.05, 0.1) is 11.0 Å². The molecule has 0 spiro atoms. The van der Waals surface area contributed by atoms with Crippen LogP contribution >= 0.6 is 0 Å². The summed E-state index contributed by atoms with van der Waals surface area (Å²) >= 11 is 0. The van der Waals surface area contributed by atoms with Crippen LogP contribution < -0.4 is 5.73 Å². The van der Waals surface area contributed by atoms with Crippen LogP contribution in [0.15, 0.2) is 35.1 Å². The van der Waals surface area contributed by atoms with Gasteiger partial charge in [-0.25, -0.2) is 0 Å². The van der Waals surface area contributed by atoms with Crippen molar-refractivity contribution in [2.24, 2.45) is 11.7 Å². The van der Waals surface area contributed by atoms with Crippen LogP contribution in [0.2, 0.25) is 0 Å². The van der Waals surface area contributed by atoms with Gasteiger partial charge >= 0.3 is 0 Å². The number of hydrogen-bond acceptors (Lipinski definition) is 6. The SMILES string of the molecule is CCC(CN)Cc1nc(-c2ccc3nccnc3c2)no1. The molecule has 3 rings (SSSR count). The summed E-state index contributed by atoms with van der Waals surface area (Å²) in [6.07, 6.45) is 5.06. The van der Waals surface area contributed by atoms with Crippen molar-refractivity contribution in [3.05, 3.63) is 36.5 Å².